The first kappa shape index (κ1) is 14.5. The number of likely N-dealkylation sites (tertiary alicyclic amines) is 1. The summed E-state index contributed by atoms with van der Waals surface area (Å²) < 4.78 is 0. The summed E-state index contributed by atoms with van der Waals surface area (Å²) in [6, 6.07) is 7.44. The Morgan fingerprint density at radius 2 is 2.19 bits per heavy atom. The van der Waals surface area contributed by atoms with Crippen molar-refractivity contribution < 1.29 is 9.59 Å². The number of halogens is 1. The Morgan fingerprint density at radius 1 is 1.38 bits per heavy atom. The van der Waals surface area contributed by atoms with Crippen molar-refractivity contribution in [1.29, 1.82) is 0 Å². The van der Waals surface area contributed by atoms with Crippen LogP contribution in [0.25, 0.3) is 0 Å². The van der Waals surface area contributed by atoms with Gasteiger partial charge in [0, 0.05) is 23.4 Å². The van der Waals surface area contributed by atoms with Crippen LogP contribution in [0.1, 0.15) is 30.7 Å². The smallest absolute Gasteiger partial charge is 0.234 e. The van der Waals surface area contributed by atoms with Gasteiger partial charge >= 0.3 is 0 Å². The molecule has 5 heteroatoms. The normalized spacial score (nSPS) is 30.5. The van der Waals surface area contributed by atoms with Gasteiger partial charge in [0.1, 0.15) is 0 Å². The van der Waals surface area contributed by atoms with Crippen LogP contribution in [-0.4, -0.2) is 36.9 Å². The van der Waals surface area contributed by atoms with Gasteiger partial charge in [-0.25, -0.2) is 0 Å². The Balaban J connectivity index is 2.04. The standard InChI is InChI=1S/C16H19ClN2O2/c1-19-7-3-6-16(10-19)9-13(20)18-15(21)14(16)11-4-2-5-12(17)8-11/h2,4-5,8,14H,3,6-7,9-10H2,1H3,(H,18,20,21). The Labute approximate surface area is 129 Å². The van der Waals surface area contributed by atoms with Gasteiger partial charge in [-0.2, -0.15) is 0 Å². The average Bonchev–Trinajstić information content (AvgIpc) is 2.37. The number of rotatable bonds is 1. The minimum absolute atomic E-state index is 0.159. The first-order chi connectivity index (χ1) is 10.00. The molecule has 21 heavy (non-hydrogen) atoms. The van der Waals surface area contributed by atoms with Gasteiger partial charge in [0.05, 0.1) is 5.92 Å². The number of nitrogens with one attached hydrogen (secondary N) is 1. The third kappa shape index (κ3) is 2.70. The molecule has 0 bridgehead atoms. The second-order valence-electron chi connectivity index (χ2n) is 6.28. The fourth-order valence-corrected chi connectivity index (χ4v) is 4.12. The molecule has 2 amide bonds. The molecule has 0 saturated carbocycles. The molecule has 2 unspecified atom stereocenters. The van der Waals surface area contributed by atoms with E-state index in [0.29, 0.717) is 11.4 Å². The highest BCUT2D eigenvalue weighted by molar-refractivity contribution is 6.30. The van der Waals surface area contributed by atoms with E-state index in [0.717, 1.165) is 31.5 Å². The summed E-state index contributed by atoms with van der Waals surface area (Å²) in [6.07, 6.45) is 2.31. The summed E-state index contributed by atoms with van der Waals surface area (Å²) in [5.41, 5.74) is 0.597. The van der Waals surface area contributed by atoms with Gasteiger partial charge in [0.2, 0.25) is 11.8 Å². The predicted molar refractivity (Wildman–Crippen MR) is 81.1 cm³/mol. The lowest BCUT2D eigenvalue weighted by Gasteiger charge is -2.48. The van der Waals surface area contributed by atoms with Gasteiger partial charge < -0.3 is 4.90 Å². The highest BCUT2D eigenvalue weighted by Gasteiger charge is 2.50. The van der Waals surface area contributed by atoms with Crippen LogP contribution in [0.2, 0.25) is 5.02 Å². The molecule has 1 N–H and O–H groups in total. The zero-order valence-corrected chi connectivity index (χ0v) is 12.8. The first-order valence-electron chi connectivity index (χ1n) is 7.28. The van der Waals surface area contributed by atoms with Crippen LogP contribution >= 0.6 is 11.6 Å². The van der Waals surface area contributed by atoms with Crippen LogP contribution in [0.5, 0.6) is 0 Å². The maximum atomic E-state index is 12.5. The van der Waals surface area contributed by atoms with Gasteiger partial charge in [-0.15, -0.1) is 0 Å². The number of carbonyl (C=O) groups is 2. The zero-order valence-electron chi connectivity index (χ0n) is 12.1. The number of carbonyl (C=O) groups excluding carboxylic acids is 2. The lowest BCUT2D eigenvalue weighted by molar-refractivity contribution is -0.142. The molecule has 2 saturated heterocycles. The maximum Gasteiger partial charge on any atom is 0.234 e. The molecule has 2 aliphatic rings. The third-order valence-corrected chi connectivity index (χ3v) is 4.87. The van der Waals surface area contributed by atoms with Crippen LogP contribution in [0, 0.1) is 5.41 Å². The van der Waals surface area contributed by atoms with Crippen molar-refractivity contribution in [1.82, 2.24) is 10.2 Å². The summed E-state index contributed by atoms with van der Waals surface area (Å²) in [5, 5.41) is 3.12. The largest absolute Gasteiger partial charge is 0.306 e. The van der Waals surface area contributed by atoms with Gasteiger partial charge in [-0.3, -0.25) is 14.9 Å². The van der Waals surface area contributed by atoms with Crippen LogP contribution < -0.4 is 5.32 Å². The van der Waals surface area contributed by atoms with Crippen molar-refractivity contribution >= 4 is 23.4 Å². The minimum atomic E-state index is -0.309. The van der Waals surface area contributed by atoms with Crippen molar-refractivity contribution in [3.8, 4) is 0 Å². The number of amides is 2. The molecule has 4 nitrogen and oxygen atoms in total. The highest BCUT2D eigenvalue weighted by Crippen LogP contribution is 2.47. The van der Waals surface area contributed by atoms with Crippen molar-refractivity contribution in [3.05, 3.63) is 34.9 Å². The SMILES string of the molecule is CN1CCCC2(CC(=O)NC(=O)C2c2cccc(Cl)c2)C1. The van der Waals surface area contributed by atoms with E-state index in [1.165, 1.54) is 0 Å². The van der Waals surface area contributed by atoms with E-state index in [4.69, 9.17) is 11.6 Å². The molecule has 1 spiro atoms. The fourth-order valence-electron chi connectivity index (χ4n) is 3.92. The van der Waals surface area contributed by atoms with E-state index in [1.807, 2.05) is 25.2 Å². The maximum absolute atomic E-state index is 12.5. The summed E-state index contributed by atoms with van der Waals surface area (Å²) in [7, 11) is 2.05. The van der Waals surface area contributed by atoms with E-state index >= 15 is 0 Å². The second kappa shape index (κ2) is 5.43. The number of hydrogen-bond acceptors (Lipinski definition) is 3. The number of nitrogens with zero attached hydrogens (tertiary/aromatic N) is 1. The molecule has 2 heterocycles. The average molecular weight is 307 g/mol. The Kier molecular flexibility index (Phi) is 3.76. The summed E-state index contributed by atoms with van der Waals surface area (Å²) in [4.78, 5) is 26.6. The van der Waals surface area contributed by atoms with Crippen molar-refractivity contribution in [3.63, 3.8) is 0 Å². The Bertz CT molecular complexity index is 589. The van der Waals surface area contributed by atoms with Gasteiger partial charge in [0.15, 0.2) is 0 Å². The third-order valence-electron chi connectivity index (χ3n) is 4.63. The Morgan fingerprint density at radius 3 is 2.90 bits per heavy atom. The molecule has 2 fully saturated rings. The zero-order chi connectivity index (χ0) is 15.0. The van der Waals surface area contributed by atoms with Gasteiger partial charge in [-0.05, 0) is 44.1 Å². The molecule has 2 aliphatic heterocycles. The number of benzene rings is 1. The molecule has 112 valence electrons. The minimum Gasteiger partial charge on any atom is -0.306 e. The molecule has 2 atom stereocenters. The van der Waals surface area contributed by atoms with Crippen molar-refractivity contribution in [2.75, 3.05) is 20.1 Å². The molecular weight excluding hydrogens is 288 g/mol. The number of piperidine rings is 2. The second-order valence-corrected chi connectivity index (χ2v) is 6.72. The van der Waals surface area contributed by atoms with Gasteiger partial charge in [-0.1, -0.05) is 23.7 Å². The molecule has 0 aromatic heterocycles. The molecular formula is C16H19ClN2O2. The van der Waals surface area contributed by atoms with E-state index in [9.17, 15) is 9.59 Å². The lowest BCUT2D eigenvalue weighted by atomic mass is 9.63. The predicted octanol–water partition coefficient (Wildman–Crippen LogP) is 2.18. The van der Waals surface area contributed by atoms with Crippen LogP contribution in [0.3, 0.4) is 0 Å². The van der Waals surface area contributed by atoms with Crippen molar-refractivity contribution in [2.45, 2.75) is 25.2 Å². The summed E-state index contributed by atoms with van der Waals surface area (Å²) in [6.45, 7) is 1.78. The quantitative estimate of drug-likeness (QED) is 0.809. The van der Waals surface area contributed by atoms with E-state index < -0.39 is 0 Å². The summed E-state index contributed by atoms with van der Waals surface area (Å²) in [5.74, 6) is -0.658. The van der Waals surface area contributed by atoms with Crippen LogP contribution in [0.15, 0.2) is 24.3 Å². The molecule has 0 radical (unpaired) electrons. The molecule has 0 aliphatic carbocycles. The first-order valence-corrected chi connectivity index (χ1v) is 7.66. The monoisotopic (exact) mass is 306 g/mol. The van der Waals surface area contributed by atoms with Crippen molar-refractivity contribution in [2.24, 2.45) is 5.41 Å². The summed E-state index contributed by atoms with van der Waals surface area (Å²) >= 11 is 6.09. The van der Waals surface area contributed by atoms with E-state index in [1.54, 1.807) is 6.07 Å². The van der Waals surface area contributed by atoms with E-state index in [2.05, 4.69) is 10.2 Å². The van der Waals surface area contributed by atoms with E-state index in [-0.39, 0.29) is 23.1 Å². The number of hydrogen-bond donors (Lipinski definition) is 1. The molecule has 1 aromatic rings. The molecule has 3 rings (SSSR count). The topological polar surface area (TPSA) is 49.4 Å². The lowest BCUT2D eigenvalue weighted by Crippen LogP contribution is -2.56. The Hall–Kier alpha value is -1.39. The van der Waals surface area contributed by atoms with Crippen LogP contribution in [-0.2, 0) is 9.59 Å². The van der Waals surface area contributed by atoms with Gasteiger partial charge in [0.25, 0.3) is 0 Å². The van der Waals surface area contributed by atoms with Crippen LogP contribution in [0.4, 0.5) is 0 Å². The molecule has 1 aromatic carbocycles. The highest BCUT2D eigenvalue weighted by atomic mass is 35.5. The fraction of sp³-hybridized carbons (Fsp3) is 0.500. The number of imide groups is 1.